The van der Waals surface area contributed by atoms with Gasteiger partial charge in [-0.05, 0) is 33.6 Å². The highest BCUT2D eigenvalue weighted by Crippen LogP contribution is 2.18. The summed E-state index contributed by atoms with van der Waals surface area (Å²) >= 11 is 0. The smallest absolute Gasteiger partial charge is 0.302 e. The Morgan fingerprint density at radius 2 is 2.00 bits per heavy atom. The Morgan fingerprint density at radius 1 is 1.44 bits per heavy atom. The Balaban J connectivity index is 4.09. The number of hydrogen-bond donors (Lipinski definition) is 2. The van der Waals surface area contributed by atoms with E-state index in [1.54, 1.807) is 6.92 Å². The van der Waals surface area contributed by atoms with E-state index in [1.807, 2.05) is 19.9 Å². The Labute approximate surface area is 96.9 Å². The molecule has 0 saturated heterocycles. The SMILES string of the molecule is CC(=O)OCC(O)C(C)(O)CCC=C(C)C. The molecule has 0 fully saturated rings. The van der Waals surface area contributed by atoms with Crippen LogP contribution >= 0.6 is 0 Å². The molecule has 0 spiro atoms. The molecule has 0 rings (SSSR count). The maximum atomic E-state index is 10.6. The number of carbonyl (C=O) groups excluding carboxylic acids is 1. The van der Waals surface area contributed by atoms with Crippen molar-refractivity contribution in [2.24, 2.45) is 0 Å². The Morgan fingerprint density at radius 3 is 2.44 bits per heavy atom. The van der Waals surface area contributed by atoms with Crippen LogP contribution in [0.1, 0.15) is 40.5 Å². The summed E-state index contributed by atoms with van der Waals surface area (Å²) in [4.78, 5) is 10.6. The van der Waals surface area contributed by atoms with Gasteiger partial charge in [0, 0.05) is 6.92 Å². The molecule has 0 aromatic carbocycles. The molecule has 0 heterocycles. The largest absolute Gasteiger partial charge is 0.463 e. The summed E-state index contributed by atoms with van der Waals surface area (Å²) in [6.45, 7) is 6.59. The molecule has 0 amide bonds. The van der Waals surface area contributed by atoms with Gasteiger partial charge < -0.3 is 14.9 Å². The molecule has 2 atom stereocenters. The summed E-state index contributed by atoms with van der Waals surface area (Å²) in [7, 11) is 0. The molecule has 0 saturated carbocycles. The van der Waals surface area contributed by atoms with E-state index in [0.29, 0.717) is 12.8 Å². The summed E-state index contributed by atoms with van der Waals surface area (Å²) in [5.74, 6) is -0.459. The molecular weight excluding hydrogens is 208 g/mol. The molecule has 94 valence electrons. The van der Waals surface area contributed by atoms with Gasteiger partial charge in [0.05, 0.1) is 5.60 Å². The maximum absolute atomic E-state index is 10.6. The lowest BCUT2D eigenvalue weighted by Gasteiger charge is -2.28. The van der Waals surface area contributed by atoms with E-state index in [2.05, 4.69) is 4.74 Å². The van der Waals surface area contributed by atoms with Gasteiger partial charge in [-0.15, -0.1) is 0 Å². The molecule has 4 nitrogen and oxygen atoms in total. The molecule has 0 aliphatic heterocycles. The van der Waals surface area contributed by atoms with E-state index >= 15 is 0 Å². The van der Waals surface area contributed by atoms with Gasteiger partial charge in [-0.25, -0.2) is 0 Å². The predicted molar refractivity (Wildman–Crippen MR) is 61.9 cm³/mol. The highest BCUT2D eigenvalue weighted by atomic mass is 16.5. The topological polar surface area (TPSA) is 66.8 Å². The van der Waals surface area contributed by atoms with Crippen molar-refractivity contribution < 1.29 is 19.7 Å². The van der Waals surface area contributed by atoms with Crippen LogP contribution in [-0.2, 0) is 9.53 Å². The zero-order chi connectivity index (χ0) is 12.8. The molecule has 0 aliphatic carbocycles. The summed E-state index contributed by atoms with van der Waals surface area (Å²) in [5.41, 5.74) is -0.0632. The average Bonchev–Trinajstić information content (AvgIpc) is 2.12. The highest BCUT2D eigenvalue weighted by Gasteiger charge is 2.30. The second-order valence-corrected chi connectivity index (χ2v) is 4.50. The number of carbonyl (C=O) groups is 1. The van der Waals surface area contributed by atoms with Gasteiger partial charge in [0.15, 0.2) is 0 Å². The summed E-state index contributed by atoms with van der Waals surface area (Å²) in [6.07, 6.45) is 2.06. The monoisotopic (exact) mass is 230 g/mol. The minimum atomic E-state index is -1.23. The number of rotatable bonds is 6. The minimum absolute atomic E-state index is 0.169. The first-order valence-corrected chi connectivity index (χ1v) is 5.43. The third-order valence-electron chi connectivity index (χ3n) is 2.37. The van der Waals surface area contributed by atoms with Crippen molar-refractivity contribution in [3.05, 3.63) is 11.6 Å². The van der Waals surface area contributed by atoms with Crippen molar-refractivity contribution >= 4 is 5.97 Å². The number of aliphatic hydroxyl groups is 2. The van der Waals surface area contributed by atoms with Crippen LogP contribution in [0.15, 0.2) is 11.6 Å². The van der Waals surface area contributed by atoms with Crippen molar-refractivity contribution in [2.75, 3.05) is 6.61 Å². The van der Waals surface area contributed by atoms with E-state index in [9.17, 15) is 15.0 Å². The fraction of sp³-hybridized carbons (Fsp3) is 0.750. The van der Waals surface area contributed by atoms with Gasteiger partial charge in [-0.2, -0.15) is 0 Å². The predicted octanol–water partition coefficient (Wildman–Crippen LogP) is 1.41. The molecule has 4 heteroatoms. The molecular formula is C12H22O4. The van der Waals surface area contributed by atoms with E-state index < -0.39 is 17.7 Å². The van der Waals surface area contributed by atoms with Crippen LogP contribution in [0.2, 0.25) is 0 Å². The van der Waals surface area contributed by atoms with E-state index in [-0.39, 0.29) is 6.61 Å². The van der Waals surface area contributed by atoms with Crippen molar-refractivity contribution in [2.45, 2.75) is 52.2 Å². The lowest BCUT2D eigenvalue weighted by Crippen LogP contribution is -2.42. The molecule has 16 heavy (non-hydrogen) atoms. The molecule has 0 radical (unpaired) electrons. The quantitative estimate of drug-likeness (QED) is 0.535. The second kappa shape index (κ2) is 6.66. The second-order valence-electron chi connectivity index (χ2n) is 4.50. The first-order chi connectivity index (χ1) is 7.25. The van der Waals surface area contributed by atoms with E-state index in [1.165, 1.54) is 12.5 Å². The van der Waals surface area contributed by atoms with Gasteiger partial charge in [0.2, 0.25) is 0 Å². The zero-order valence-electron chi connectivity index (χ0n) is 10.5. The van der Waals surface area contributed by atoms with Crippen LogP contribution in [0.5, 0.6) is 0 Å². The number of esters is 1. The van der Waals surface area contributed by atoms with Crippen LogP contribution in [0.25, 0.3) is 0 Å². The third kappa shape index (κ3) is 6.58. The van der Waals surface area contributed by atoms with Crippen molar-refractivity contribution in [3.8, 4) is 0 Å². The van der Waals surface area contributed by atoms with Crippen LogP contribution < -0.4 is 0 Å². The molecule has 0 bridgehead atoms. The number of allylic oxidation sites excluding steroid dienone is 2. The third-order valence-corrected chi connectivity index (χ3v) is 2.37. The Kier molecular flexibility index (Phi) is 6.29. The molecule has 2 unspecified atom stereocenters. The Bertz CT molecular complexity index is 252. The number of ether oxygens (including phenoxy) is 1. The van der Waals surface area contributed by atoms with Gasteiger partial charge in [-0.3, -0.25) is 4.79 Å². The molecule has 2 N–H and O–H groups in total. The average molecular weight is 230 g/mol. The van der Waals surface area contributed by atoms with Gasteiger partial charge >= 0.3 is 5.97 Å². The first kappa shape index (κ1) is 15.1. The molecule has 0 aliphatic rings. The highest BCUT2D eigenvalue weighted by molar-refractivity contribution is 5.65. The zero-order valence-corrected chi connectivity index (χ0v) is 10.5. The lowest BCUT2D eigenvalue weighted by atomic mass is 9.93. The fourth-order valence-electron chi connectivity index (χ4n) is 1.20. The summed E-state index contributed by atoms with van der Waals surface area (Å²) < 4.78 is 4.65. The van der Waals surface area contributed by atoms with E-state index in [4.69, 9.17) is 0 Å². The number of hydrogen-bond acceptors (Lipinski definition) is 4. The van der Waals surface area contributed by atoms with Crippen LogP contribution in [0.3, 0.4) is 0 Å². The minimum Gasteiger partial charge on any atom is -0.463 e. The normalized spacial score (nSPS) is 16.1. The van der Waals surface area contributed by atoms with Crippen molar-refractivity contribution in [1.29, 1.82) is 0 Å². The standard InChI is InChI=1S/C12H22O4/c1-9(2)6-5-7-12(4,15)11(14)8-16-10(3)13/h6,11,14-15H,5,7-8H2,1-4H3. The summed E-state index contributed by atoms with van der Waals surface area (Å²) in [6, 6.07) is 0. The lowest BCUT2D eigenvalue weighted by molar-refractivity contribution is -0.151. The summed E-state index contributed by atoms with van der Waals surface area (Å²) in [5, 5.41) is 19.6. The van der Waals surface area contributed by atoms with Gasteiger partial charge in [-0.1, -0.05) is 11.6 Å². The fourth-order valence-corrected chi connectivity index (χ4v) is 1.20. The molecule has 0 aromatic heterocycles. The van der Waals surface area contributed by atoms with Crippen molar-refractivity contribution in [1.82, 2.24) is 0 Å². The van der Waals surface area contributed by atoms with Crippen LogP contribution in [0.4, 0.5) is 0 Å². The number of aliphatic hydroxyl groups excluding tert-OH is 1. The Hall–Kier alpha value is -0.870. The van der Waals surface area contributed by atoms with Gasteiger partial charge in [0.1, 0.15) is 12.7 Å². The molecule has 0 aromatic rings. The van der Waals surface area contributed by atoms with Crippen LogP contribution in [0, 0.1) is 0 Å². The van der Waals surface area contributed by atoms with Crippen molar-refractivity contribution in [3.63, 3.8) is 0 Å². The maximum Gasteiger partial charge on any atom is 0.302 e. The van der Waals surface area contributed by atoms with Crippen LogP contribution in [-0.4, -0.2) is 34.5 Å². The van der Waals surface area contributed by atoms with Gasteiger partial charge in [0.25, 0.3) is 0 Å². The first-order valence-electron chi connectivity index (χ1n) is 5.43. The van der Waals surface area contributed by atoms with E-state index in [0.717, 1.165) is 0 Å².